The van der Waals surface area contributed by atoms with E-state index in [0.717, 1.165) is 64.2 Å². The molecule has 0 fully saturated rings. The zero-order chi connectivity index (χ0) is 29.9. The van der Waals surface area contributed by atoms with Gasteiger partial charge in [-0.05, 0) is 57.8 Å². The zero-order valence-corrected chi connectivity index (χ0v) is 26.5. The summed E-state index contributed by atoms with van der Waals surface area (Å²) in [6, 6.07) is 0. The molecule has 0 rings (SSSR count). The van der Waals surface area contributed by atoms with Gasteiger partial charge in [-0.1, -0.05) is 138 Å². The first-order chi connectivity index (χ1) is 20.2. The Bertz CT molecular complexity index is 729. The van der Waals surface area contributed by atoms with Crippen LogP contribution in [0.4, 0.5) is 0 Å². The van der Waals surface area contributed by atoms with E-state index in [1.165, 1.54) is 44.9 Å². The minimum atomic E-state index is -0.563. The van der Waals surface area contributed by atoms with E-state index < -0.39 is 6.10 Å². The topological polar surface area (TPSA) is 55.8 Å². The van der Waals surface area contributed by atoms with E-state index in [2.05, 4.69) is 86.8 Å². The Morgan fingerprint density at radius 1 is 0.610 bits per heavy atom. The van der Waals surface area contributed by atoms with Crippen molar-refractivity contribution in [2.24, 2.45) is 0 Å². The number of esters is 1. The Kier molecular flexibility index (Phi) is 32.2. The number of carbonyl (C=O) groups is 1. The monoisotopic (exact) mass is 570 g/mol. The average molecular weight is 571 g/mol. The number of rotatable bonds is 29. The van der Waals surface area contributed by atoms with E-state index in [1.54, 1.807) is 0 Å². The lowest BCUT2D eigenvalue weighted by Crippen LogP contribution is -2.27. The van der Waals surface area contributed by atoms with Gasteiger partial charge in [0.15, 0.2) is 0 Å². The maximum absolute atomic E-state index is 12.0. The Morgan fingerprint density at radius 2 is 1.07 bits per heavy atom. The number of unbranched alkanes of at least 4 members (excludes halogenated alkanes) is 9. The standard InChI is InChI=1S/C37H62O4/c1-3-5-7-9-11-13-14-15-16-17-18-19-20-21-22-23-25-27-29-31-33-40-35-36(34-38)41-37(39)32-30-28-26-24-12-10-8-6-4-2/h5,7,11,13,15-16,18-19,21-22,25,27,36,38H,3-4,6,8-10,12,14,17,20,23-24,26,28-35H2,1-2H3/b7-5-,13-11-,16-15-,19-18-,22-21-,27-25-. The molecule has 1 unspecified atom stereocenters. The van der Waals surface area contributed by atoms with Crippen LogP contribution in [0.1, 0.15) is 129 Å². The Hall–Kier alpha value is -2.17. The van der Waals surface area contributed by atoms with Crippen LogP contribution in [0.2, 0.25) is 0 Å². The summed E-state index contributed by atoms with van der Waals surface area (Å²) in [6.45, 7) is 5.04. The molecule has 0 radical (unpaired) electrons. The zero-order valence-electron chi connectivity index (χ0n) is 26.5. The van der Waals surface area contributed by atoms with Gasteiger partial charge < -0.3 is 14.6 Å². The van der Waals surface area contributed by atoms with Crippen LogP contribution < -0.4 is 0 Å². The molecular formula is C37H62O4. The molecular weight excluding hydrogens is 508 g/mol. The van der Waals surface area contributed by atoms with E-state index in [0.29, 0.717) is 13.0 Å². The largest absolute Gasteiger partial charge is 0.457 e. The van der Waals surface area contributed by atoms with Crippen molar-refractivity contribution in [2.75, 3.05) is 19.8 Å². The fraction of sp³-hybridized carbons (Fsp3) is 0.649. The second-order valence-electron chi connectivity index (χ2n) is 10.5. The van der Waals surface area contributed by atoms with Crippen LogP contribution in [0.3, 0.4) is 0 Å². The van der Waals surface area contributed by atoms with Crippen LogP contribution in [-0.2, 0) is 14.3 Å². The summed E-state index contributed by atoms with van der Waals surface area (Å²) in [7, 11) is 0. The molecule has 0 aromatic carbocycles. The molecule has 1 atom stereocenters. The van der Waals surface area contributed by atoms with Crippen LogP contribution in [-0.4, -0.2) is 37.0 Å². The van der Waals surface area contributed by atoms with Crippen LogP contribution >= 0.6 is 0 Å². The number of allylic oxidation sites excluding steroid dienone is 12. The molecule has 0 saturated heterocycles. The second-order valence-corrected chi connectivity index (χ2v) is 10.5. The summed E-state index contributed by atoms with van der Waals surface area (Å²) in [5.41, 5.74) is 0. The second kappa shape index (κ2) is 34.0. The van der Waals surface area contributed by atoms with E-state index in [1.807, 2.05) is 0 Å². The summed E-state index contributed by atoms with van der Waals surface area (Å²) in [5.74, 6) is -0.228. The molecule has 0 heterocycles. The van der Waals surface area contributed by atoms with Crippen molar-refractivity contribution in [3.05, 3.63) is 72.9 Å². The lowest BCUT2D eigenvalue weighted by atomic mass is 10.1. The number of carbonyl (C=O) groups excluding carboxylic acids is 1. The summed E-state index contributed by atoms with van der Waals surface area (Å²) in [5, 5.41) is 9.49. The van der Waals surface area contributed by atoms with Gasteiger partial charge in [-0.15, -0.1) is 0 Å². The van der Waals surface area contributed by atoms with Gasteiger partial charge in [-0.25, -0.2) is 0 Å². The highest BCUT2D eigenvalue weighted by Crippen LogP contribution is 2.11. The lowest BCUT2D eigenvalue weighted by molar-refractivity contribution is -0.154. The first kappa shape index (κ1) is 38.8. The molecule has 234 valence electrons. The van der Waals surface area contributed by atoms with Gasteiger partial charge in [-0.3, -0.25) is 4.79 Å². The normalized spacial score (nSPS) is 13.3. The quantitative estimate of drug-likeness (QED) is 0.0552. The van der Waals surface area contributed by atoms with E-state index in [4.69, 9.17) is 9.47 Å². The van der Waals surface area contributed by atoms with Crippen molar-refractivity contribution in [3.8, 4) is 0 Å². The molecule has 0 aliphatic rings. The van der Waals surface area contributed by atoms with Gasteiger partial charge in [0.1, 0.15) is 6.10 Å². The van der Waals surface area contributed by atoms with Crippen LogP contribution in [0.15, 0.2) is 72.9 Å². The van der Waals surface area contributed by atoms with Gasteiger partial charge in [-0.2, -0.15) is 0 Å². The maximum Gasteiger partial charge on any atom is 0.306 e. The highest BCUT2D eigenvalue weighted by Gasteiger charge is 2.13. The molecule has 41 heavy (non-hydrogen) atoms. The Morgan fingerprint density at radius 3 is 1.56 bits per heavy atom. The summed E-state index contributed by atoms with van der Waals surface area (Å²) >= 11 is 0. The van der Waals surface area contributed by atoms with Gasteiger partial charge in [0, 0.05) is 13.0 Å². The highest BCUT2D eigenvalue weighted by atomic mass is 16.6. The van der Waals surface area contributed by atoms with Crippen molar-refractivity contribution in [3.63, 3.8) is 0 Å². The summed E-state index contributed by atoms with van der Waals surface area (Å²) in [4.78, 5) is 12.0. The third-order valence-electron chi connectivity index (χ3n) is 6.55. The lowest BCUT2D eigenvalue weighted by Gasteiger charge is -2.15. The molecule has 4 nitrogen and oxygen atoms in total. The Labute approximate surface area is 253 Å². The molecule has 0 spiro atoms. The first-order valence-corrected chi connectivity index (χ1v) is 16.5. The Balaban J connectivity index is 3.63. The summed E-state index contributed by atoms with van der Waals surface area (Å²) in [6.07, 6.45) is 45.2. The molecule has 0 aromatic rings. The van der Waals surface area contributed by atoms with E-state index in [9.17, 15) is 9.90 Å². The summed E-state index contributed by atoms with van der Waals surface area (Å²) < 4.78 is 11.0. The van der Waals surface area contributed by atoms with Crippen LogP contribution in [0, 0.1) is 0 Å². The number of hydrogen-bond acceptors (Lipinski definition) is 4. The number of hydrogen-bond donors (Lipinski definition) is 1. The fourth-order valence-electron chi connectivity index (χ4n) is 4.11. The van der Waals surface area contributed by atoms with Gasteiger partial charge in [0.25, 0.3) is 0 Å². The van der Waals surface area contributed by atoms with Crippen LogP contribution in [0.25, 0.3) is 0 Å². The molecule has 0 bridgehead atoms. The smallest absolute Gasteiger partial charge is 0.306 e. The van der Waals surface area contributed by atoms with Crippen LogP contribution in [0.5, 0.6) is 0 Å². The van der Waals surface area contributed by atoms with Gasteiger partial charge in [0.05, 0.1) is 13.2 Å². The van der Waals surface area contributed by atoms with Crippen molar-refractivity contribution in [1.82, 2.24) is 0 Å². The van der Waals surface area contributed by atoms with Crippen molar-refractivity contribution in [2.45, 2.75) is 136 Å². The molecule has 0 amide bonds. The predicted octanol–water partition coefficient (Wildman–Crippen LogP) is 10.3. The number of aliphatic hydroxyl groups excluding tert-OH is 1. The molecule has 0 aromatic heterocycles. The molecule has 0 saturated carbocycles. The first-order valence-electron chi connectivity index (χ1n) is 16.5. The van der Waals surface area contributed by atoms with Crippen molar-refractivity contribution in [1.29, 1.82) is 0 Å². The molecule has 0 aliphatic carbocycles. The highest BCUT2D eigenvalue weighted by molar-refractivity contribution is 5.69. The van der Waals surface area contributed by atoms with Gasteiger partial charge >= 0.3 is 5.97 Å². The predicted molar refractivity (Wildman–Crippen MR) is 177 cm³/mol. The SMILES string of the molecule is CC/C=C\C/C=C\C/C=C\C/C=C\C/C=C\C/C=C\CCCOCC(CO)OC(=O)CCCCCCCCCCC. The molecule has 4 heteroatoms. The van der Waals surface area contributed by atoms with Crippen molar-refractivity contribution < 1.29 is 19.4 Å². The number of ether oxygens (including phenoxy) is 2. The molecule has 0 aliphatic heterocycles. The van der Waals surface area contributed by atoms with E-state index in [-0.39, 0.29) is 19.2 Å². The number of aliphatic hydroxyl groups is 1. The van der Waals surface area contributed by atoms with Crippen molar-refractivity contribution >= 4 is 5.97 Å². The van der Waals surface area contributed by atoms with Gasteiger partial charge in [0.2, 0.25) is 0 Å². The third-order valence-corrected chi connectivity index (χ3v) is 6.55. The van der Waals surface area contributed by atoms with E-state index >= 15 is 0 Å². The average Bonchev–Trinajstić information content (AvgIpc) is 2.98. The minimum absolute atomic E-state index is 0.198. The molecule has 1 N–H and O–H groups in total. The third kappa shape index (κ3) is 32.2. The minimum Gasteiger partial charge on any atom is -0.457 e. The fourth-order valence-corrected chi connectivity index (χ4v) is 4.11. The maximum atomic E-state index is 12.0.